The SMILES string of the molecule is CC(CCCC(=O)O)Nc1ncc(C#N)cc1[N+](=O)[O-]. The standard InChI is InChI=1S/C12H14N4O4/c1-8(3-2-4-11(17)18)15-12-10(16(19)20)5-9(6-13)7-14-12/h5,7-8H,2-4H2,1H3,(H,14,15)(H,17,18). The highest BCUT2D eigenvalue weighted by atomic mass is 16.6. The summed E-state index contributed by atoms with van der Waals surface area (Å²) in [6.45, 7) is 1.78. The molecule has 1 atom stereocenters. The van der Waals surface area contributed by atoms with Crippen LogP contribution < -0.4 is 5.32 Å². The maximum absolute atomic E-state index is 10.9. The Morgan fingerprint density at radius 2 is 2.40 bits per heavy atom. The molecule has 0 bridgehead atoms. The number of hydrogen-bond donors (Lipinski definition) is 2. The molecule has 0 amide bonds. The van der Waals surface area contributed by atoms with Gasteiger partial charge in [0.25, 0.3) is 0 Å². The van der Waals surface area contributed by atoms with Crippen molar-refractivity contribution in [2.24, 2.45) is 0 Å². The van der Waals surface area contributed by atoms with Crippen molar-refractivity contribution in [1.29, 1.82) is 5.26 Å². The normalized spacial score (nSPS) is 11.4. The van der Waals surface area contributed by atoms with E-state index in [4.69, 9.17) is 10.4 Å². The van der Waals surface area contributed by atoms with E-state index < -0.39 is 10.9 Å². The molecule has 0 aromatic carbocycles. The number of nitriles is 1. The fourth-order valence-electron chi connectivity index (χ4n) is 1.63. The first-order chi connectivity index (χ1) is 9.43. The molecule has 1 rings (SSSR count). The number of hydrogen-bond acceptors (Lipinski definition) is 6. The average Bonchev–Trinajstić information content (AvgIpc) is 2.38. The summed E-state index contributed by atoms with van der Waals surface area (Å²) in [6.07, 6.45) is 2.31. The van der Waals surface area contributed by atoms with Gasteiger partial charge in [0.1, 0.15) is 6.07 Å². The van der Waals surface area contributed by atoms with Crippen LogP contribution in [0, 0.1) is 21.4 Å². The number of rotatable bonds is 7. The van der Waals surface area contributed by atoms with Crippen LogP contribution in [0.15, 0.2) is 12.3 Å². The van der Waals surface area contributed by atoms with Crippen LogP contribution in [0.2, 0.25) is 0 Å². The van der Waals surface area contributed by atoms with Gasteiger partial charge >= 0.3 is 11.7 Å². The zero-order valence-corrected chi connectivity index (χ0v) is 10.9. The summed E-state index contributed by atoms with van der Waals surface area (Å²) in [4.78, 5) is 24.6. The summed E-state index contributed by atoms with van der Waals surface area (Å²) < 4.78 is 0. The van der Waals surface area contributed by atoms with Gasteiger partial charge in [0.15, 0.2) is 0 Å². The number of carbonyl (C=O) groups is 1. The minimum Gasteiger partial charge on any atom is -0.481 e. The van der Waals surface area contributed by atoms with E-state index in [-0.39, 0.29) is 29.5 Å². The Kier molecular flexibility index (Phi) is 5.41. The van der Waals surface area contributed by atoms with E-state index in [0.29, 0.717) is 12.8 Å². The predicted molar refractivity (Wildman–Crippen MR) is 70.2 cm³/mol. The second kappa shape index (κ2) is 7.04. The highest BCUT2D eigenvalue weighted by molar-refractivity contribution is 5.66. The van der Waals surface area contributed by atoms with E-state index in [2.05, 4.69) is 10.3 Å². The van der Waals surface area contributed by atoms with Crippen LogP contribution in [-0.4, -0.2) is 27.0 Å². The van der Waals surface area contributed by atoms with Crippen molar-refractivity contribution in [3.8, 4) is 6.07 Å². The fraction of sp³-hybridized carbons (Fsp3) is 0.417. The van der Waals surface area contributed by atoms with Crippen molar-refractivity contribution in [3.63, 3.8) is 0 Å². The van der Waals surface area contributed by atoms with Crippen molar-refractivity contribution in [2.75, 3.05) is 5.32 Å². The summed E-state index contributed by atoms with van der Waals surface area (Å²) in [6, 6.07) is 2.78. The van der Waals surface area contributed by atoms with E-state index in [0.717, 1.165) is 6.07 Å². The first-order valence-electron chi connectivity index (χ1n) is 5.97. The monoisotopic (exact) mass is 278 g/mol. The molecular formula is C12H14N4O4. The van der Waals surface area contributed by atoms with Gasteiger partial charge in [0.2, 0.25) is 5.82 Å². The number of aromatic nitrogens is 1. The number of nitro groups is 1. The Labute approximate surface area is 115 Å². The number of carboxylic acid groups (broad SMARTS) is 1. The third-order valence-electron chi connectivity index (χ3n) is 2.60. The molecule has 1 aromatic heterocycles. The van der Waals surface area contributed by atoms with E-state index in [1.807, 2.05) is 0 Å². The lowest BCUT2D eigenvalue weighted by atomic mass is 10.1. The van der Waals surface area contributed by atoms with E-state index in [9.17, 15) is 14.9 Å². The molecule has 0 saturated heterocycles. The molecule has 0 aliphatic carbocycles. The molecule has 0 radical (unpaired) electrons. The third-order valence-corrected chi connectivity index (χ3v) is 2.60. The molecule has 20 heavy (non-hydrogen) atoms. The molecular weight excluding hydrogens is 264 g/mol. The number of carboxylic acids is 1. The fourth-order valence-corrected chi connectivity index (χ4v) is 1.63. The zero-order chi connectivity index (χ0) is 15.1. The third kappa shape index (κ3) is 4.53. The topological polar surface area (TPSA) is 129 Å². The largest absolute Gasteiger partial charge is 0.481 e. The van der Waals surface area contributed by atoms with Crippen LogP contribution in [0.25, 0.3) is 0 Å². The van der Waals surface area contributed by atoms with Gasteiger partial charge < -0.3 is 10.4 Å². The van der Waals surface area contributed by atoms with Crippen LogP contribution in [0.3, 0.4) is 0 Å². The summed E-state index contributed by atoms with van der Waals surface area (Å²) in [7, 11) is 0. The minimum atomic E-state index is -0.875. The van der Waals surface area contributed by atoms with Crippen LogP contribution >= 0.6 is 0 Å². The van der Waals surface area contributed by atoms with Gasteiger partial charge in [0.05, 0.1) is 10.5 Å². The molecule has 1 heterocycles. The zero-order valence-electron chi connectivity index (χ0n) is 10.9. The Morgan fingerprint density at radius 1 is 1.70 bits per heavy atom. The molecule has 106 valence electrons. The van der Waals surface area contributed by atoms with Gasteiger partial charge in [-0.15, -0.1) is 0 Å². The maximum atomic E-state index is 10.9. The van der Waals surface area contributed by atoms with Crippen LogP contribution in [0.4, 0.5) is 11.5 Å². The Hall–Kier alpha value is -2.69. The van der Waals surface area contributed by atoms with Gasteiger partial charge in [0, 0.05) is 24.7 Å². The number of nitrogens with zero attached hydrogens (tertiary/aromatic N) is 3. The lowest BCUT2D eigenvalue weighted by Crippen LogP contribution is -2.17. The number of anilines is 1. The molecule has 1 aromatic rings. The van der Waals surface area contributed by atoms with Crippen molar-refractivity contribution in [3.05, 3.63) is 27.9 Å². The average molecular weight is 278 g/mol. The van der Waals surface area contributed by atoms with Gasteiger partial charge in [-0.3, -0.25) is 14.9 Å². The molecule has 0 spiro atoms. The highest BCUT2D eigenvalue weighted by Crippen LogP contribution is 2.23. The number of pyridine rings is 1. The summed E-state index contributed by atoms with van der Waals surface area (Å²) in [5.41, 5.74) is -0.157. The smallest absolute Gasteiger partial charge is 0.312 e. The lowest BCUT2D eigenvalue weighted by Gasteiger charge is -2.13. The second-order valence-electron chi connectivity index (χ2n) is 4.29. The summed E-state index contributed by atoms with van der Waals surface area (Å²) >= 11 is 0. The van der Waals surface area contributed by atoms with Crippen molar-refractivity contribution >= 4 is 17.5 Å². The molecule has 0 saturated carbocycles. The Balaban J connectivity index is 2.74. The molecule has 0 aliphatic heterocycles. The van der Waals surface area contributed by atoms with Gasteiger partial charge in [-0.05, 0) is 19.8 Å². The lowest BCUT2D eigenvalue weighted by molar-refractivity contribution is -0.384. The van der Waals surface area contributed by atoms with Gasteiger partial charge in [-0.1, -0.05) is 0 Å². The first kappa shape index (κ1) is 15.4. The molecule has 1 unspecified atom stereocenters. The Morgan fingerprint density at radius 3 is 2.95 bits per heavy atom. The van der Waals surface area contributed by atoms with Crippen LogP contribution in [0.1, 0.15) is 31.7 Å². The Bertz CT molecular complexity index is 553. The van der Waals surface area contributed by atoms with Crippen LogP contribution in [0.5, 0.6) is 0 Å². The number of aliphatic carboxylic acids is 1. The van der Waals surface area contributed by atoms with Crippen molar-refractivity contribution < 1.29 is 14.8 Å². The summed E-state index contributed by atoms with van der Waals surface area (Å²) in [5.74, 6) is -0.795. The van der Waals surface area contributed by atoms with Crippen molar-refractivity contribution in [1.82, 2.24) is 4.98 Å². The van der Waals surface area contributed by atoms with Crippen LogP contribution in [-0.2, 0) is 4.79 Å². The molecule has 8 nitrogen and oxygen atoms in total. The first-order valence-corrected chi connectivity index (χ1v) is 5.97. The summed E-state index contributed by atoms with van der Waals surface area (Å²) in [5, 5.41) is 31.0. The maximum Gasteiger partial charge on any atom is 0.312 e. The molecule has 0 aliphatic rings. The quantitative estimate of drug-likeness (QED) is 0.575. The predicted octanol–water partition coefficient (Wildman–Crippen LogP) is 1.92. The molecule has 2 N–H and O–H groups in total. The molecule has 0 fully saturated rings. The minimum absolute atomic E-state index is 0.0505. The van der Waals surface area contributed by atoms with Crippen molar-refractivity contribution in [2.45, 2.75) is 32.2 Å². The number of nitrogens with one attached hydrogen (secondary N) is 1. The second-order valence-corrected chi connectivity index (χ2v) is 4.29. The van der Waals surface area contributed by atoms with E-state index in [1.54, 1.807) is 13.0 Å². The molecule has 8 heteroatoms. The van der Waals surface area contributed by atoms with E-state index >= 15 is 0 Å². The van der Waals surface area contributed by atoms with E-state index in [1.165, 1.54) is 6.20 Å². The highest BCUT2D eigenvalue weighted by Gasteiger charge is 2.18. The van der Waals surface area contributed by atoms with Gasteiger partial charge in [-0.25, -0.2) is 4.98 Å². The van der Waals surface area contributed by atoms with Gasteiger partial charge in [-0.2, -0.15) is 5.26 Å².